The van der Waals surface area contributed by atoms with Gasteiger partial charge < -0.3 is 9.64 Å². The smallest absolute Gasteiger partial charge is 0.267 e. The Bertz CT molecular complexity index is 582. The van der Waals surface area contributed by atoms with Crippen LogP contribution >= 0.6 is 0 Å². The fraction of sp³-hybridized carbons (Fsp3) is 0.300. The van der Waals surface area contributed by atoms with Gasteiger partial charge in [-0.3, -0.25) is 4.79 Å². The number of hydrogen-bond donors (Lipinski definition) is 1. The largest absolute Gasteiger partial charge is 0.479 e. The van der Waals surface area contributed by atoms with Crippen LogP contribution in [-0.2, 0) is 14.8 Å². The van der Waals surface area contributed by atoms with Crippen molar-refractivity contribution < 1.29 is 17.9 Å². The number of benzene rings is 1. The lowest BCUT2D eigenvalue weighted by Gasteiger charge is -2.30. The summed E-state index contributed by atoms with van der Waals surface area (Å²) in [5, 5.41) is 5.03. The molecule has 6 nitrogen and oxygen atoms in total. The van der Waals surface area contributed by atoms with E-state index in [-0.39, 0.29) is 10.8 Å². The molecule has 1 amide bonds. The van der Waals surface area contributed by atoms with Crippen LogP contribution in [0.5, 0.6) is 5.75 Å². The summed E-state index contributed by atoms with van der Waals surface area (Å²) in [6.07, 6.45) is -0.576. The highest BCUT2D eigenvalue weighted by molar-refractivity contribution is 7.89. The van der Waals surface area contributed by atoms with Gasteiger partial charge in [0.05, 0.1) is 10.6 Å². The second-order valence-electron chi connectivity index (χ2n) is 3.83. The molecule has 0 saturated heterocycles. The maximum atomic E-state index is 11.7. The Balaban J connectivity index is 2.57. The molecule has 17 heavy (non-hydrogen) atoms. The number of fused-ring (bicyclic) bond motifs is 1. The quantitative estimate of drug-likeness (QED) is 0.770. The van der Waals surface area contributed by atoms with E-state index in [0.717, 1.165) is 0 Å². The van der Waals surface area contributed by atoms with Crippen molar-refractivity contribution in [2.24, 2.45) is 5.14 Å². The number of hydrogen-bond acceptors (Lipinski definition) is 4. The molecule has 0 aliphatic carbocycles. The van der Waals surface area contributed by atoms with E-state index >= 15 is 0 Å². The first-order chi connectivity index (χ1) is 7.80. The number of anilines is 1. The zero-order chi connectivity index (χ0) is 12.8. The second kappa shape index (κ2) is 3.71. The lowest BCUT2D eigenvalue weighted by molar-refractivity contribution is -0.125. The van der Waals surface area contributed by atoms with Gasteiger partial charge in [0.25, 0.3) is 5.91 Å². The van der Waals surface area contributed by atoms with E-state index in [1.165, 1.54) is 23.1 Å². The van der Waals surface area contributed by atoms with Crippen LogP contribution in [-0.4, -0.2) is 27.5 Å². The predicted molar refractivity (Wildman–Crippen MR) is 61.3 cm³/mol. The summed E-state index contributed by atoms with van der Waals surface area (Å²) in [4.78, 5) is 13.0. The van der Waals surface area contributed by atoms with Crippen molar-refractivity contribution in [2.75, 3.05) is 11.9 Å². The molecule has 1 aromatic rings. The summed E-state index contributed by atoms with van der Waals surface area (Å²) in [6, 6.07) is 4.17. The molecule has 1 unspecified atom stereocenters. The molecule has 2 N–H and O–H groups in total. The summed E-state index contributed by atoms with van der Waals surface area (Å²) < 4.78 is 27.8. The van der Waals surface area contributed by atoms with E-state index in [2.05, 4.69) is 0 Å². The fourth-order valence-corrected chi connectivity index (χ4v) is 2.20. The monoisotopic (exact) mass is 256 g/mol. The van der Waals surface area contributed by atoms with Gasteiger partial charge in [-0.15, -0.1) is 0 Å². The molecule has 0 saturated carbocycles. The standard InChI is InChI=1S/C10H12N2O4S/c1-6-10(13)12(2)8-5-7(17(11,14)15)3-4-9(8)16-6/h3-6H,1-2H3,(H2,11,14,15). The number of sulfonamides is 1. The van der Waals surface area contributed by atoms with Crippen molar-refractivity contribution in [2.45, 2.75) is 17.9 Å². The maximum absolute atomic E-state index is 11.7. The van der Waals surface area contributed by atoms with Crippen LogP contribution in [0.25, 0.3) is 0 Å². The number of amides is 1. The third-order valence-corrected chi connectivity index (χ3v) is 3.51. The zero-order valence-corrected chi connectivity index (χ0v) is 10.2. The third-order valence-electron chi connectivity index (χ3n) is 2.60. The molecule has 1 aliphatic heterocycles. The number of likely N-dealkylation sites (N-methyl/N-ethyl adjacent to an activating group) is 1. The number of nitrogens with two attached hydrogens (primary N) is 1. The van der Waals surface area contributed by atoms with Gasteiger partial charge in [0.1, 0.15) is 5.75 Å². The van der Waals surface area contributed by atoms with Crippen LogP contribution < -0.4 is 14.8 Å². The molecule has 0 radical (unpaired) electrons. The average Bonchev–Trinajstić information content (AvgIpc) is 2.24. The first-order valence-electron chi connectivity index (χ1n) is 4.92. The summed E-state index contributed by atoms with van der Waals surface area (Å²) in [6.45, 7) is 1.63. The van der Waals surface area contributed by atoms with Crippen LogP contribution in [0.4, 0.5) is 5.69 Å². The number of carbonyl (C=O) groups excluding carboxylic acids is 1. The number of primary sulfonamides is 1. The fourth-order valence-electron chi connectivity index (χ4n) is 1.67. The van der Waals surface area contributed by atoms with Gasteiger partial charge in [0.2, 0.25) is 10.0 Å². The zero-order valence-electron chi connectivity index (χ0n) is 9.38. The molecule has 1 atom stereocenters. The topological polar surface area (TPSA) is 89.7 Å². The molecule has 1 aliphatic rings. The minimum absolute atomic E-state index is 0.0472. The van der Waals surface area contributed by atoms with Gasteiger partial charge in [0.15, 0.2) is 6.10 Å². The molecule has 1 heterocycles. The van der Waals surface area contributed by atoms with E-state index in [1.54, 1.807) is 14.0 Å². The Kier molecular flexibility index (Phi) is 2.59. The van der Waals surface area contributed by atoms with Crippen LogP contribution in [0, 0.1) is 0 Å². The van der Waals surface area contributed by atoms with Crippen molar-refractivity contribution in [3.05, 3.63) is 18.2 Å². The molecule has 0 spiro atoms. The van der Waals surface area contributed by atoms with Crippen molar-refractivity contribution in [3.63, 3.8) is 0 Å². The van der Waals surface area contributed by atoms with E-state index in [9.17, 15) is 13.2 Å². The lowest BCUT2D eigenvalue weighted by atomic mass is 10.2. The average molecular weight is 256 g/mol. The molecule has 92 valence electrons. The summed E-state index contributed by atoms with van der Waals surface area (Å²) >= 11 is 0. The number of nitrogens with zero attached hydrogens (tertiary/aromatic N) is 1. The molecule has 2 rings (SSSR count). The van der Waals surface area contributed by atoms with Crippen molar-refractivity contribution >= 4 is 21.6 Å². The van der Waals surface area contributed by atoms with E-state index in [4.69, 9.17) is 9.88 Å². The van der Waals surface area contributed by atoms with Crippen molar-refractivity contribution in [1.29, 1.82) is 0 Å². The highest BCUT2D eigenvalue weighted by Crippen LogP contribution is 2.34. The highest BCUT2D eigenvalue weighted by Gasteiger charge is 2.29. The highest BCUT2D eigenvalue weighted by atomic mass is 32.2. The van der Waals surface area contributed by atoms with E-state index in [0.29, 0.717) is 11.4 Å². The molecule has 7 heteroatoms. The SMILES string of the molecule is CC1Oc2ccc(S(N)(=O)=O)cc2N(C)C1=O. The summed E-state index contributed by atoms with van der Waals surface area (Å²) in [5.74, 6) is 0.232. The van der Waals surface area contributed by atoms with Gasteiger partial charge in [0, 0.05) is 7.05 Å². The minimum atomic E-state index is -3.78. The number of ether oxygens (including phenoxy) is 1. The summed E-state index contributed by atoms with van der Waals surface area (Å²) in [7, 11) is -2.22. The Morgan fingerprint density at radius 3 is 2.65 bits per heavy atom. The minimum Gasteiger partial charge on any atom is -0.479 e. The second-order valence-corrected chi connectivity index (χ2v) is 5.39. The molecule has 1 aromatic carbocycles. The third kappa shape index (κ3) is 1.98. The first kappa shape index (κ1) is 11.9. The van der Waals surface area contributed by atoms with E-state index < -0.39 is 16.1 Å². The van der Waals surface area contributed by atoms with Crippen molar-refractivity contribution in [1.82, 2.24) is 0 Å². The first-order valence-corrected chi connectivity index (χ1v) is 6.46. The van der Waals surface area contributed by atoms with Crippen LogP contribution in [0.1, 0.15) is 6.92 Å². The Labute approximate surface area is 99.0 Å². The van der Waals surface area contributed by atoms with Crippen LogP contribution in [0.15, 0.2) is 23.1 Å². The molecular formula is C10H12N2O4S. The summed E-state index contributed by atoms with van der Waals surface area (Å²) in [5.41, 5.74) is 0.402. The number of rotatable bonds is 1. The molecule has 0 fully saturated rings. The van der Waals surface area contributed by atoms with Gasteiger partial charge >= 0.3 is 0 Å². The predicted octanol–water partition coefficient (Wildman–Crippen LogP) is 0.0777. The van der Waals surface area contributed by atoms with Gasteiger partial charge in [-0.1, -0.05) is 0 Å². The molecular weight excluding hydrogens is 244 g/mol. The van der Waals surface area contributed by atoms with Crippen LogP contribution in [0.3, 0.4) is 0 Å². The molecule has 0 bridgehead atoms. The Hall–Kier alpha value is -1.60. The van der Waals surface area contributed by atoms with Crippen LogP contribution in [0.2, 0.25) is 0 Å². The Morgan fingerprint density at radius 2 is 2.06 bits per heavy atom. The van der Waals surface area contributed by atoms with Crippen molar-refractivity contribution in [3.8, 4) is 5.75 Å². The normalized spacial score (nSPS) is 19.8. The van der Waals surface area contributed by atoms with Gasteiger partial charge in [-0.05, 0) is 25.1 Å². The van der Waals surface area contributed by atoms with Gasteiger partial charge in [-0.2, -0.15) is 0 Å². The van der Waals surface area contributed by atoms with Gasteiger partial charge in [-0.25, -0.2) is 13.6 Å². The number of carbonyl (C=O) groups is 1. The Morgan fingerprint density at radius 1 is 1.41 bits per heavy atom. The van der Waals surface area contributed by atoms with E-state index in [1.807, 2.05) is 0 Å². The maximum Gasteiger partial charge on any atom is 0.267 e. The lowest BCUT2D eigenvalue weighted by Crippen LogP contribution is -2.42. The molecule has 0 aromatic heterocycles.